The second-order valence-electron chi connectivity index (χ2n) is 12.1. The highest BCUT2D eigenvalue weighted by Crippen LogP contribution is 2.33. The molecule has 2 aromatic carbocycles. The second kappa shape index (κ2) is 13.3. The van der Waals surface area contributed by atoms with Crippen molar-refractivity contribution in [1.29, 1.82) is 0 Å². The summed E-state index contributed by atoms with van der Waals surface area (Å²) in [5.74, 6) is 0.671. The standard InChI is InChI=1S/C33H40N6O6/c1-20-31(21(2)45-37-20)36-33(42)35-23-9-12-28-26(15-23)32(41)38(3)27-11-10-25(44-29(27)19-43-28)16-30(40)34-24-13-14-39(18-24)17-22-7-5-4-6-8-22/h4-9,12,15,24-25,27,29H,10-11,13-14,16-19H2,1-3H3,(H,34,40)(H2,35,36,42)/t24-,25+,27-,29-/m0/s1. The van der Waals surface area contributed by atoms with E-state index in [1.807, 2.05) is 18.2 Å². The quantitative estimate of drug-likeness (QED) is 0.361. The monoisotopic (exact) mass is 616 g/mol. The molecule has 3 N–H and O–H groups in total. The van der Waals surface area contributed by atoms with Crippen LogP contribution in [0.25, 0.3) is 0 Å². The Morgan fingerprint density at radius 2 is 1.87 bits per heavy atom. The number of anilines is 2. The fourth-order valence-corrected chi connectivity index (χ4v) is 6.47. The predicted molar refractivity (Wildman–Crippen MR) is 167 cm³/mol. The van der Waals surface area contributed by atoms with Crippen LogP contribution in [0.4, 0.5) is 16.2 Å². The number of nitrogens with zero attached hydrogens (tertiary/aromatic N) is 3. The van der Waals surface area contributed by atoms with Crippen molar-refractivity contribution in [3.8, 4) is 5.75 Å². The van der Waals surface area contributed by atoms with Gasteiger partial charge in [0.05, 0.1) is 24.1 Å². The van der Waals surface area contributed by atoms with Crippen LogP contribution in [0.2, 0.25) is 0 Å². The van der Waals surface area contributed by atoms with Gasteiger partial charge in [-0.1, -0.05) is 35.5 Å². The molecule has 4 heterocycles. The van der Waals surface area contributed by atoms with Crippen molar-refractivity contribution in [3.63, 3.8) is 0 Å². The Labute approximate surface area is 262 Å². The maximum Gasteiger partial charge on any atom is 0.323 e. The molecule has 4 atom stereocenters. The van der Waals surface area contributed by atoms with Gasteiger partial charge < -0.3 is 34.8 Å². The number of nitrogens with one attached hydrogen (secondary N) is 3. The van der Waals surface area contributed by atoms with Gasteiger partial charge in [-0.05, 0) is 56.9 Å². The lowest BCUT2D eigenvalue weighted by atomic mass is 9.94. The largest absolute Gasteiger partial charge is 0.490 e. The van der Waals surface area contributed by atoms with Crippen molar-refractivity contribution in [2.75, 3.05) is 37.4 Å². The molecule has 0 aliphatic carbocycles. The molecule has 0 unspecified atom stereocenters. The van der Waals surface area contributed by atoms with E-state index in [9.17, 15) is 14.4 Å². The van der Waals surface area contributed by atoms with E-state index in [1.165, 1.54) is 5.56 Å². The third-order valence-corrected chi connectivity index (χ3v) is 8.84. The molecule has 0 radical (unpaired) electrons. The summed E-state index contributed by atoms with van der Waals surface area (Å²) < 4.78 is 17.6. The minimum absolute atomic E-state index is 0.00929. The van der Waals surface area contributed by atoms with E-state index < -0.39 is 6.03 Å². The Morgan fingerprint density at radius 3 is 2.64 bits per heavy atom. The topological polar surface area (TPSA) is 138 Å². The van der Waals surface area contributed by atoms with Crippen LogP contribution >= 0.6 is 0 Å². The van der Waals surface area contributed by atoms with E-state index in [0.717, 1.165) is 26.1 Å². The molecule has 0 bridgehead atoms. The van der Waals surface area contributed by atoms with E-state index in [-0.39, 0.29) is 49.1 Å². The lowest BCUT2D eigenvalue weighted by Crippen LogP contribution is -2.54. The lowest BCUT2D eigenvalue weighted by Gasteiger charge is -2.42. The van der Waals surface area contributed by atoms with Crippen molar-refractivity contribution in [3.05, 3.63) is 71.1 Å². The molecule has 0 saturated carbocycles. The fraction of sp³-hybridized carbons (Fsp3) is 0.455. The Balaban J connectivity index is 1.02. The van der Waals surface area contributed by atoms with Crippen molar-refractivity contribution in [1.82, 2.24) is 20.3 Å². The van der Waals surface area contributed by atoms with Gasteiger partial charge in [-0.3, -0.25) is 14.5 Å². The molecule has 4 amide bonds. The highest BCUT2D eigenvalue weighted by atomic mass is 16.5. The third-order valence-electron chi connectivity index (χ3n) is 8.84. The number of likely N-dealkylation sites (tertiary alicyclic amines) is 1. The van der Waals surface area contributed by atoms with Gasteiger partial charge in [-0.2, -0.15) is 0 Å². The SMILES string of the molecule is Cc1noc(C)c1NC(=O)Nc1ccc2c(c1)C(=O)N(C)[C@H]1CC[C@H](CC(=O)N[C@H]3CCN(Cc4ccccc4)C3)O[C@H]1CO2. The number of aromatic nitrogens is 1. The number of ether oxygens (including phenoxy) is 2. The van der Waals surface area contributed by atoms with E-state index in [1.54, 1.807) is 44.0 Å². The summed E-state index contributed by atoms with van der Waals surface area (Å²) in [4.78, 5) is 43.3. The average molecular weight is 617 g/mol. The highest BCUT2D eigenvalue weighted by molar-refractivity contribution is 6.03. The first-order chi connectivity index (χ1) is 21.7. The molecule has 12 nitrogen and oxygen atoms in total. The van der Waals surface area contributed by atoms with Crippen LogP contribution in [0, 0.1) is 13.8 Å². The minimum Gasteiger partial charge on any atom is -0.490 e. The number of benzene rings is 2. The highest BCUT2D eigenvalue weighted by Gasteiger charge is 2.39. The Morgan fingerprint density at radius 1 is 1.04 bits per heavy atom. The van der Waals surface area contributed by atoms with Gasteiger partial charge in [0.1, 0.15) is 29.8 Å². The first-order valence-electron chi connectivity index (χ1n) is 15.5. The summed E-state index contributed by atoms with van der Waals surface area (Å²) in [7, 11) is 1.76. The number of carbonyl (C=O) groups excluding carboxylic acids is 3. The number of carbonyl (C=O) groups is 3. The lowest BCUT2D eigenvalue weighted by molar-refractivity contribution is -0.134. The second-order valence-corrected chi connectivity index (χ2v) is 12.1. The van der Waals surface area contributed by atoms with Crippen molar-refractivity contribution < 1.29 is 28.4 Å². The summed E-state index contributed by atoms with van der Waals surface area (Å²) >= 11 is 0. The molecule has 3 aliphatic heterocycles. The third kappa shape index (κ3) is 7.12. The summed E-state index contributed by atoms with van der Waals surface area (Å²) in [6.07, 6.45) is 1.94. The normalized spacial score (nSPS) is 23.3. The Bertz CT molecular complexity index is 1520. The zero-order chi connectivity index (χ0) is 31.5. The zero-order valence-corrected chi connectivity index (χ0v) is 25.9. The van der Waals surface area contributed by atoms with E-state index in [0.29, 0.717) is 47.0 Å². The van der Waals surface area contributed by atoms with Crippen LogP contribution in [-0.2, 0) is 16.1 Å². The van der Waals surface area contributed by atoms with Gasteiger partial charge in [0.2, 0.25) is 5.91 Å². The van der Waals surface area contributed by atoms with Crippen LogP contribution in [0.5, 0.6) is 5.75 Å². The molecule has 6 rings (SSSR count). The number of urea groups is 1. The summed E-state index contributed by atoms with van der Waals surface area (Å²) in [5, 5.41) is 12.5. The van der Waals surface area contributed by atoms with Gasteiger partial charge in [0.25, 0.3) is 5.91 Å². The molecule has 0 spiro atoms. The first kappa shape index (κ1) is 30.6. The fourth-order valence-electron chi connectivity index (χ4n) is 6.47. The molecule has 1 aromatic heterocycles. The van der Waals surface area contributed by atoms with Gasteiger partial charge in [0, 0.05) is 38.4 Å². The molecule has 238 valence electrons. The molecule has 2 fully saturated rings. The molecule has 12 heteroatoms. The van der Waals surface area contributed by atoms with Gasteiger partial charge in [-0.15, -0.1) is 0 Å². The Kier molecular flexibility index (Phi) is 9.04. The number of rotatable bonds is 7. The predicted octanol–water partition coefficient (Wildman–Crippen LogP) is 4.10. The average Bonchev–Trinajstić information content (AvgIpc) is 3.60. The molecule has 3 aromatic rings. The van der Waals surface area contributed by atoms with Crippen LogP contribution in [-0.4, -0.2) is 83.8 Å². The number of likely N-dealkylation sites (N-methyl/N-ethyl adjacent to an activating group) is 1. The Hall–Kier alpha value is -4.42. The molecular weight excluding hydrogens is 576 g/mol. The summed E-state index contributed by atoms with van der Waals surface area (Å²) in [6.45, 7) is 6.36. The van der Waals surface area contributed by atoms with Crippen molar-refractivity contribution >= 4 is 29.2 Å². The number of hydrogen-bond donors (Lipinski definition) is 3. The van der Waals surface area contributed by atoms with Crippen LogP contribution in [0.1, 0.15) is 53.1 Å². The zero-order valence-electron chi connectivity index (χ0n) is 25.9. The molecule has 45 heavy (non-hydrogen) atoms. The first-order valence-corrected chi connectivity index (χ1v) is 15.5. The maximum atomic E-state index is 13.6. The minimum atomic E-state index is -0.481. The van der Waals surface area contributed by atoms with E-state index in [4.69, 9.17) is 14.0 Å². The van der Waals surface area contributed by atoms with Gasteiger partial charge >= 0.3 is 6.03 Å². The van der Waals surface area contributed by atoms with Crippen LogP contribution in [0.15, 0.2) is 53.1 Å². The van der Waals surface area contributed by atoms with Crippen LogP contribution in [0.3, 0.4) is 0 Å². The van der Waals surface area contributed by atoms with E-state index >= 15 is 0 Å². The number of aryl methyl sites for hydroxylation is 2. The van der Waals surface area contributed by atoms with Gasteiger partial charge in [-0.25, -0.2) is 4.79 Å². The molecular formula is C33H40N6O6. The summed E-state index contributed by atoms with van der Waals surface area (Å²) in [5.41, 5.74) is 3.14. The van der Waals surface area contributed by atoms with Crippen molar-refractivity contribution in [2.45, 2.75) is 70.4 Å². The number of hydrogen-bond acceptors (Lipinski definition) is 8. The van der Waals surface area contributed by atoms with E-state index in [2.05, 4.69) is 38.1 Å². The van der Waals surface area contributed by atoms with Gasteiger partial charge in [0.15, 0.2) is 5.76 Å². The smallest absolute Gasteiger partial charge is 0.323 e. The van der Waals surface area contributed by atoms with Crippen LogP contribution < -0.4 is 20.7 Å². The number of fused-ring (bicyclic) bond motifs is 2. The number of amides is 4. The molecule has 3 aliphatic rings. The molecule has 2 saturated heterocycles. The van der Waals surface area contributed by atoms with Crippen molar-refractivity contribution in [2.24, 2.45) is 0 Å². The summed E-state index contributed by atoms with van der Waals surface area (Å²) in [6, 6.07) is 14.8. The maximum absolute atomic E-state index is 13.6.